The van der Waals surface area contributed by atoms with Gasteiger partial charge in [0.25, 0.3) is 0 Å². The average Bonchev–Trinajstić information content (AvgIpc) is 2.82. The van der Waals surface area contributed by atoms with Crippen molar-refractivity contribution in [1.82, 2.24) is 4.98 Å². The Morgan fingerprint density at radius 2 is 1.82 bits per heavy atom. The molecule has 1 aromatic heterocycles. The Morgan fingerprint density at radius 3 is 2.48 bits per heavy atom. The number of halogens is 2. The number of pyridine rings is 1. The van der Waals surface area contributed by atoms with E-state index in [1.807, 2.05) is 49.4 Å². The van der Waals surface area contributed by atoms with E-state index in [4.69, 9.17) is 11.6 Å². The molecule has 0 saturated carbocycles. The zero-order valence-electron chi connectivity index (χ0n) is 18.5. The van der Waals surface area contributed by atoms with Crippen molar-refractivity contribution < 1.29 is 14.3 Å². The zero-order valence-corrected chi connectivity index (χ0v) is 19.2. The first-order chi connectivity index (χ1) is 15.9. The number of fused-ring (bicyclic) bond motifs is 1. The van der Waals surface area contributed by atoms with Crippen LogP contribution in [0, 0.1) is 5.82 Å². The quantitative estimate of drug-likeness (QED) is 0.276. The van der Waals surface area contributed by atoms with E-state index in [0.29, 0.717) is 34.3 Å². The van der Waals surface area contributed by atoms with Crippen molar-refractivity contribution >= 4 is 39.7 Å². The molecule has 4 rings (SSSR count). The zero-order chi connectivity index (χ0) is 23.5. The van der Waals surface area contributed by atoms with Gasteiger partial charge in [-0.3, -0.25) is 9.78 Å². The molecular formula is C27H24ClFN2O2. The third-order valence-electron chi connectivity index (χ3n) is 5.63. The highest BCUT2D eigenvalue weighted by Crippen LogP contribution is 2.36. The molecule has 4 aromatic rings. The molecule has 0 unspecified atom stereocenters. The van der Waals surface area contributed by atoms with Gasteiger partial charge in [0.15, 0.2) is 17.3 Å². The lowest BCUT2D eigenvalue weighted by molar-refractivity contribution is 0.0982. The molecule has 0 aliphatic carbocycles. The van der Waals surface area contributed by atoms with Crippen LogP contribution in [0.3, 0.4) is 0 Å². The second kappa shape index (κ2) is 9.59. The maximum Gasteiger partial charge on any atom is 0.170 e. The number of hydrogen-bond donors (Lipinski definition) is 2. The third-order valence-corrected chi connectivity index (χ3v) is 5.92. The van der Waals surface area contributed by atoms with E-state index in [1.165, 1.54) is 17.7 Å². The number of rotatable bonds is 7. The van der Waals surface area contributed by atoms with Crippen molar-refractivity contribution in [3.8, 4) is 16.9 Å². The summed E-state index contributed by atoms with van der Waals surface area (Å²) in [7, 11) is 0. The van der Waals surface area contributed by atoms with Crippen molar-refractivity contribution in [2.45, 2.75) is 33.1 Å². The average molecular weight is 463 g/mol. The predicted octanol–water partition coefficient (Wildman–Crippen LogP) is 7.69. The number of carbonyl (C=O) groups is 1. The van der Waals surface area contributed by atoms with Crippen LogP contribution in [-0.4, -0.2) is 15.9 Å². The van der Waals surface area contributed by atoms with Gasteiger partial charge in [0.1, 0.15) is 0 Å². The Labute approximate surface area is 197 Å². The summed E-state index contributed by atoms with van der Waals surface area (Å²) < 4.78 is 14.1. The van der Waals surface area contributed by atoms with Crippen LogP contribution < -0.4 is 5.32 Å². The number of aryl methyl sites for hydroxylation is 1. The van der Waals surface area contributed by atoms with E-state index in [9.17, 15) is 14.3 Å². The highest BCUT2D eigenvalue weighted by atomic mass is 35.5. The number of Topliss-reactive ketones (excluding diaryl/α,β-unsaturated/α-hetero) is 1. The summed E-state index contributed by atoms with van der Waals surface area (Å²) in [6.45, 7) is 4.06. The summed E-state index contributed by atoms with van der Waals surface area (Å²) in [5, 5.41) is 13.8. The van der Waals surface area contributed by atoms with Crippen LogP contribution in [0.25, 0.3) is 22.0 Å². The molecule has 2 N–H and O–H groups in total. The summed E-state index contributed by atoms with van der Waals surface area (Å²) in [6, 6.07) is 16.3. The molecule has 0 radical (unpaired) electrons. The Kier molecular flexibility index (Phi) is 6.61. The number of nitrogens with one attached hydrogen (secondary N) is 1. The minimum absolute atomic E-state index is 0.00343. The number of aromatic nitrogens is 1. The molecular weight excluding hydrogens is 439 g/mol. The molecule has 0 atom stereocenters. The van der Waals surface area contributed by atoms with Gasteiger partial charge in [0, 0.05) is 23.7 Å². The number of aromatic hydroxyl groups is 1. The van der Waals surface area contributed by atoms with Gasteiger partial charge in [0.05, 0.1) is 21.8 Å². The molecule has 0 fully saturated rings. The van der Waals surface area contributed by atoms with Crippen molar-refractivity contribution in [2.75, 3.05) is 5.32 Å². The monoisotopic (exact) mass is 462 g/mol. The molecule has 3 aromatic carbocycles. The number of nitrogens with zero attached hydrogens (tertiary/aromatic N) is 1. The first-order valence-electron chi connectivity index (χ1n) is 10.9. The number of phenolic OH excluding ortho intramolecular Hbond substituents is 1. The van der Waals surface area contributed by atoms with E-state index in [0.717, 1.165) is 23.9 Å². The van der Waals surface area contributed by atoms with Crippen LogP contribution in [0.2, 0.25) is 5.02 Å². The second-order valence-electron chi connectivity index (χ2n) is 7.92. The molecule has 33 heavy (non-hydrogen) atoms. The minimum atomic E-state index is -0.794. The SMILES string of the molecule is CCCC(=O)c1cnc2ccc(-c3cc(F)c(O)c(Cl)c3)cc2c1Nc1ccc(CC)cc1. The Bertz CT molecular complexity index is 1310. The van der Waals surface area contributed by atoms with E-state index in [1.54, 1.807) is 6.20 Å². The molecule has 0 aliphatic rings. The number of ketones is 1. The number of hydrogen-bond acceptors (Lipinski definition) is 4. The fourth-order valence-corrected chi connectivity index (χ4v) is 3.99. The van der Waals surface area contributed by atoms with Gasteiger partial charge >= 0.3 is 0 Å². The van der Waals surface area contributed by atoms with E-state index >= 15 is 0 Å². The van der Waals surface area contributed by atoms with Gasteiger partial charge < -0.3 is 10.4 Å². The summed E-state index contributed by atoms with van der Waals surface area (Å²) in [5.74, 6) is -1.37. The Hall–Kier alpha value is -3.44. The Morgan fingerprint density at radius 1 is 1.06 bits per heavy atom. The van der Waals surface area contributed by atoms with Crippen LogP contribution in [0.4, 0.5) is 15.8 Å². The second-order valence-corrected chi connectivity index (χ2v) is 8.32. The van der Waals surface area contributed by atoms with Crippen molar-refractivity contribution in [3.63, 3.8) is 0 Å². The topological polar surface area (TPSA) is 62.2 Å². The lowest BCUT2D eigenvalue weighted by Crippen LogP contribution is -2.06. The fraction of sp³-hybridized carbons (Fsp3) is 0.185. The largest absolute Gasteiger partial charge is 0.504 e. The standard InChI is InChI=1S/C27H24ClFN2O2/c1-3-5-25(32)21-15-30-24-11-8-17(18-13-22(28)27(33)23(29)14-18)12-20(24)26(21)31-19-9-6-16(4-2)7-10-19/h6-15,33H,3-5H2,1-2H3,(H,30,31). The molecule has 0 aliphatic heterocycles. The molecule has 168 valence electrons. The van der Waals surface area contributed by atoms with Gasteiger partial charge in [-0.1, -0.05) is 43.6 Å². The highest BCUT2D eigenvalue weighted by Gasteiger charge is 2.17. The van der Waals surface area contributed by atoms with Gasteiger partial charge in [-0.2, -0.15) is 0 Å². The lowest BCUT2D eigenvalue weighted by atomic mass is 9.98. The van der Waals surface area contributed by atoms with Crippen molar-refractivity contribution in [2.24, 2.45) is 0 Å². The molecule has 6 heteroatoms. The molecule has 0 spiro atoms. The van der Waals surface area contributed by atoms with Gasteiger partial charge in [-0.15, -0.1) is 0 Å². The van der Waals surface area contributed by atoms with Crippen LogP contribution in [0.1, 0.15) is 42.6 Å². The van der Waals surface area contributed by atoms with Gasteiger partial charge in [-0.05, 0) is 65.9 Å². The van der Waals surface area contributed by atoms with E-state index in [-0.39, 0.29) is 10.8 Å². The smallest absolute Gasteiger partial charge is 0.170 e. The summed E-state index contributed by atoms with van der Waals surface area (Å²) in [5.41, 5.74) is 5.15. The van der Waals surface area contributed by atoms with Crippen molar-refractivity contribution in [3.05, 3.63) is 82.8 Å². The summed E-state index contributed by atoms with van der Waals surface area (Å²) >= 11 is 5.99. The predicted molar refractivity (Wildman–Crippen MR) is 132 cm³/mol. The molecule has 1 heterocycles. The minimum Gasteiger partial charge on any atom is -0.504 e. The van der Waals surface area contributed by atoms with Crippen LogP contribution in [0.5, 0.6) is 5.75 Å². The first kappa shape index (κ1) is 22.7. The number of anilines is 2. The summed E-state index contributed by atoms with van der Waals surface area (Å²) in [6.07, 6.45) is 3.69. The number of phenols is 1. The highest BCUT2D eigenvalue weighted by molar-refractivity contribution is 6.32. The number of carbonyl (C=O) groups excluding carboxylic acids is 1. The molecule has 0 amide bonds. The normalized spacial score (nSPS) is 11.0. The molecule has 0 bridgehead atoms. The van der Waals surface area contributed by atoms with E-state index < -0.39 is 11.6 Å². The summed E-state index contributed by atoms with van der Waals surface area (Å²) in [4.78, 5) is 17.4. The van der Waals surface area contributed by atoms with Crippen LogP contribution >= 0.6 is 11.6 Å². The molecule has 4 nitrogen and oxygen atoms in total. The molecule has 0 saturated heterocycles. The Balaban J connectivity index is 1.89. The fourth-order valence-electron chi connectivity index (χ4n) is 3.78. The lowest BCUT2D eigenvalue weighted by Gasteiger charge is -2.16. The van der Waals surface area contributed by atoms with Gasteiger partial charge in [0.2, 0.25) is 0 Å². The van der Waals surface area contributed by atoms with Crippen molar-refractivity contribution in [1.29, 1.82) is 0 Å². The van der Waals surface area contributed by atoms with Crippen LogP contribution in [-0.2, 0) is 6.42 Å². The first-order valence-corrected chi connectivity index (χ1v) is 11.3. The van der Waals surface area contributed by atoms with Gasteiger partial charge in [-0.25, -0.2) is 4.39 Å². The van der Waals surface area contributed by atoms with Crippen LogP contribution in [0.15, 0.2) is 60.8 Å². The maximum atomic E-state index is 14.1. The van der Waals surface area contributed by atoms with E-state index in [2.05, 4.69) is 17.2 Å². The maximum absolute atomic E-state index is 14.1. The third kappa shape index (κ3) is 4.69. The number of benzene rings is 3.